The number of rotatable bonds is 5. The van der Waals surface area contributed by atoms with Crippen LogP contribution < -0.4 is 9.62 Å². The van der Waals surface area contributed by atoms with Gasteiger partial charge in [0.15, 0.2) is 0 Å². The van der Waals surface area contributed by atoms with Gasteiger partial charge in [-0.25, -0.2) is 22.5 Å². The third kappa shape index (κ3) is 4.20. The molecule has 1 saturated heterocycles. The third-order valence-corrected chi connectivity index (χ3v) is 5.98. The Labute approximate surface area is 153 Å². The molecule has 140 valence electrons. The molecule has 1 aromatic carbocycles. The van der Waals surface area contributed by atoms with E-state index in [0.29, 0.717) is 5.56 Å². The highest BCUT2D eigenvalue weighted by Crippen LogP contribution is 2.20. The van der Waals surface area contributed by atoms with E-state index in [2.05, 4.69) is 26.6 Å². The second-order valence-corrected chi connectivity index (χ2v) is 8.28. The van der Waals surface area contributed by atoms with Crippen molar-refractivity contribution in [1.82, 2.24) is 14.6 Å². The number of halogens is 1. The smallest absolute Gasteiger partial charge is 0.240 e. The Bertz CT molecular complexity index is 881. The molecule has 8 heteroatoms. The lowest BCUT2D eigenvalue weighted by Crippen LogP contribution is -2.45. The molecule has 0 radical (unpaired) electrons. The molecule has 3 rings (SSSR count). The molecule has 1 N–H and O–H groups in total. The predicted molar refractivity (Wildman–Crippen MR) is 99.1 cm³/mol. The first-order valence-electron chi connectivity index (χ1n) is 8.50. The summed E-state index contributed by atoms with van der Waals surface area (Å²) in [6.45, 7) is 5.26. The third-order valence-electron chi connectivity index (χ3n) is 4.58. The maximum absolute atomic E-state index is 13.7. The summed E-state index contributed by atoms with van der Waals surface area (Å²) in [5, 5.41) is 0. The molecule has 6 nitrogen and oxygen atoms in total. The molecule has 0 saturated carbocycles. The molecule has 0 unspecified atom stereocenters. The van der Waals surface area contributed by atoms with Crippen molar-refractivity contribution in [3.63, 3.8) is 0 Å². The molecular weight excluding hydrogens is 355 g/mol. The number of pyridine rings is 1. The monoisotopic (exact) mass is 378 g/mol. The Hall–Kier alpha value is -2.03. The summed E-state index contributed by atoms with van der Waals surface area (Å²) in [5.74, 6) is 0.255. The Morgan fingerprint density at radius 2 is 1.92 bits per heavy atom. The van der Waals surface area contributed by atoms with Crippen LogP contribution in [0.4, 0.5) is 10.2 Å². The van der Waals surface area contributed by atoms with Crippen LogP contribution in [0, 0.1) is 12.7 Å². The number of benzene rings is 1. The first-order valence-corrected chi connectivity index (χ1v) is 9.98. The standard InChI is InChI=1S/C18H23FN4O2S/c1-14-5-6-16(12-17(14)19)26(24,25)21-13-15-4-3-7-20-18(15)23-10-8-22(2)9-11-23/h3-7,12,21H,8-11,13H2,1-2H3. The highest BCUT2D eigenvalue weighted by molar-refractivity contribution is 7.89. The first-order chi connectivity index (χ1) is 12.4. The molecule has 1 aliphatic rings. The lowest BCUT2D eigenvalue weighted by Gasteiger charge is -2.34. The minimum absolute atomic E-state index is 0.0781. The van der Waals surface area contributed by atoms with Gasteiger partial charge >= 0.3 is 0 Å². The van der Waals surface area contributed by atoms with E-state index in [9.17, 15) is 12.8 Å². The van der Waals surface area contributed by atoms with Gasteiger partial charge in [-0.3, -0.25) is 0 Å². The van der Waals surface area contributed by atoms with Crippen molar-refractivity contribution >= 4 is 15.8 Å². The van der Waals surface area contributed by atoms with Gasteiger partial charge in [0, 0.05) is 44.5 Å². The van der Waals surface area contributed by atoms with Gasteiger partial charge in [0.1, 0.15) is 11.6 Å². The molecule has 26 heavy (non-hydrogen) atoms. The summed E-state index contributed by atoms with van der Waals surface area (Å²) in [7, 11) is -1.72. The number of sulfonamides is 1. The highest BCUT2D eigenvalue weighted by Gasteiger charge is 2.20. The average Bonchev–Trinajstić information content (AvgIpc) is 2.63. The number of hydrogen-bond donors (Lipinski definition) is 1. The summed E-state index contributed by atoms with van der Waals surface area (Å²) in [6, 6.07) is 7.56. The molecule has 0 aliphatic carbocycles. The van der Waals surface area contributed by atoms with Crippen LogP contribution >= 0.6 is 0 Å². The molecule has 0 bridgehead atoms. The predicted octanol–water partition coefficient (Wildman–Crippen LogP) is 1.76. The topological polar surface area (TPSA) is 65.5 Å². The van der Waals surface area contributed by atoms with Gasteiger partial charge in [-0.15, -0.1) is 0 Å². The zero-order valence-corrected chi connectivity index (χ0v) is 15.8. The van der Waals surface area contributed by atoms with E-state index >= 15 is 0 Å². The van der Waals surface area contributed by atoms with Gasteiger partial charge in [-0.1, -0.05) is 12.1 Å². The molecule has 2 aromatic rings. The van der Waals surface area contributed by atoms with Crippen molar-refractivity contribution in [2.24, 2.45) is 0 Å². The number of likely N-dealkylation sites (N-methyl/N-ethyl adjacent to an activating group) is 1. The number of nitrogens with one attached hydrogen (secondary N) is 1. The summed E-state index contributed by atoms with van der Waals surface area (Å²) in [5.41, 5.74) is 1.21. The normalized spacial score (nSPS) is 16.0. The van der Waals surface area contributed by atoms with Gasteiger partial charge < -0.3 is 9.80 Å². The molecule has 2 heterocycles. The zero-order valence-electron chi connectivity index (χ0n) is 14.9. The van der Waals surface area contributed by atoms with Crippen molar-refractivity contribution in [2.45, 2.75) is 18.4 Å². The van der Waals surface area contributed by atoms with E-state index in [4.69, 9.17) is 0 Å². The van der Waals surface area contributed by atoms with Crippen molar-refractivity contribution in [3.8, 4) is 0 Å². The summed E-state index contributed by atoms with van der Waals surface area (Å²) < 4.78 is 41.2. The molecule has 0 amide bonds. The Balaban J connectivity index is 1.76. The van der Waals surface area contributed by atoms with Crippen LogP contribution in [-0.2, 0) is 16.6 Å². The van der Waals surface area contributed by atoms with Crippen LogP contribution in [0.3, 0.4) is 0 Å². The number of aryl methyl sites for hydroxylation is 1. The summed E-state index contributed by atoms with van der Waals surface area (Å²) in [6.07, 6.45) is 1.71. The number of hydrogen-bond acceptors (Lipinski definition) is 5. The largest absolute Gasteiger partial charge is 0.354 e. The molecule has 1 aliphatic heterocycles. The van der Waals surface area contributed by atoms with Gasteiger partial charge in [0.05, 0.1) is 4.90 Å². The minimum Gasteiger partial charge on any atom is -0.354 e. The summed E-state index contributed by atoms with van der Waals surface area (Å²) >= 11 is 0. The van der Waals surface area contributed by atoms with E-state index in [-0.39, 0.29) is 11.4 Å². The van der Waals surface area contributed by atoms with E-state index in [1.807, 2.05) is 6.07 Å². The van der Waals surface area contributed by atoms with Crippen LogP contribution in [-0.4, -0.2) is 51.5 Å². The van der Waals surface area contributed by atoms with Crippen molar-refractivity contribution < 1.29 is 12.8 Å². The van der Waals surface area contributed by atoms with E-state index < -0.39 is 15.8 Å². The molecule has 0 spiro atoms. The van der Waals surface area contributed by atoms with Crippen LogP contribution in [0.5, 0.6) is 0 Å². The van der Waals surface area contributed by atoms with Crippen LogP contribution in [0.25, 0.3) is 0 Å². The van der Waals surface area contributed by atoms with Gasteiger partial charge in [-0.2, -0.15) is 0 Å². The lowest BCUT2D eigenvalue weighted by atomic mass is 10.2. The van der Waals surface area contributed by atoms with Gasteiger partial charge in [0.2, 0.25) is 10.0 Å². The molecule has 0 atom stereocenters. The Morgan fingerprint density at radius 1 is 1.19 bits per heavy atom. The lowest BCUT2D eigenvalue weighted by molar-refractivity contribution is 0.312. The quantitative estimate of drug-likeness (QED) is 0.859. The number of piperazine rings is 1. The fourth-order valence-electron chi connectivity index (χ4n) is 2.87. The number of aromatic nitrogens is 1. The molecule has 1 fully saturated rings. The number of anilines is 1. The van der Waals surface area contributed by atoms with Crippen molar-refractivity contribution in [3.05, 3.63) is 53.5 Å². The maximum Gasteiger partial charge on any atom is 0.240 e. The summed E-state index contributed by atoms with van der Waals surface area (Å²) in [4.78, 5) is 8.77. The second kappa shape index (κ2) is 7.69. The van der Waals surface area contributed by atoms with E-state index in [0.717, 1.165) is 43.6 Å². The van der Waals surface area contributed by atoms with Gasteiger partial charge in [-0.05, 0) is 37.7 Å². The second-order valence-electron chi connectivity index (χ2n) is 6.51. The Kier molecular flexibility index (Phi) is 5.55. The van der Waals surface area contributed by atoms with E-state index in [1.165, 1.54) is 12.1 Å². The highest BCUT2D eigenvalue weighted by atomic mass is 32.2. The van der Waals surface area contributed by atoms with Crippen molar-refractivity contribution in [2.75, 3.05) is 38.1 Å². The van der Waals surface area contributed by atoms with Crippen LogP contribution in [0.15, 0.2) is 41.4 Å². The van der Waals surface area contributed by atoms with Crippen LogP contribution in [0.1, 0.15) is 11.1 Å². The maximum atomic E-state index is 13.7. The first kappa shape index (κ1) is 18.8. The van der Waals surface area contributed by atoms with Crippen molar-refractivity contribution in [1.29, 1.82) is 0 Å². The fraction of sp³-hybridized carbons (Fsp3) is 0.389. The van der Waals surface area contributed by atoms with E-state index in [1.54, 1.807) is 19.2 Å². The molecule has 1 aromatic heterocycles. The fourth-order valence-corrected chi connectivity index (χ4v) is 3.89. The van der Waals surface area contributed by atoms with Gasteiger partial charge in [0.25, 0.3) is 0 Å². The minimum atomic E-state index is -3.80. The Morgan fingerprint density at radius 3 is 2.62 bits per heavy atom. The average molecular weight is 378 g/mol. The van der Waals surface area contributed by atoms with Crippen LogP contribution in [0.2, 0.25) is 0 Å². The number of nitrogens with zero attached hydrogens (tertiary/aromatic N) is 3. The SMILES string of the molecule is Cc1ccc(S(=O)(=O)NCc2cccnc2N2CCN(C)CC2)cc1F. The zero-order chi connectivity index (χ0) is 18.7. The molecular formula is C18H23FN4O2S.